The molecule has 2 unspecified atom stereocenters. The fraction of sp³-hybridized carbons (Fsp3) is 0.333. The Morgan fingerprint density at radius 1 is 0.889 bits per heavy atom. The van der Waals surface area contributed by atoms with E-state index in [0.717, 1.165) is 12.5 Å². The lowest BCUT2D eigenvalue weighted by atomic mass is 10.1. The first-order valence-corrected chi connectivity index (χ1v) is 9.12. The maximum Gasteiger partial charge on any atom is 0.256 e. The van der Waals surface area contributed by atoms with Crippen molar-refractivity contribution in [2.75, 3.05) is 26.2 Å². The Labute approximate surface area is 156 Å². The van der Waals surface area contributed by atoms with E-state index >= 15 is 0 Å². The number of rotatable bonds is 3. The van der Waals surface area contributed by atoms with Gasteiger partial charge in [-0.1, -0.05) is 30.3 Å². The predicted octanol–water partition coefficient (Wildman–Crippen LogP) is 3.05. The van der Waals surface area contributed by atoms with Gasteiger partial charge in [-0.25, -0.2) is 8.78 Å². The number of nitrogens with zero attached hydrogens (tertiary/aromatic N) is 2. The van der Waals surface area contributed by atoms with Crippen LogP contribution < -0.4 is 0 Å². The quantitative estimate of drug-likeness (QED) is 0.833. The van der Waals surface area contributed by atoms with Crippen LogP contribution in [0.25, 0.3) is 0 Å². The largest absolute Gasteiger partial charge is 0.339 e. The van der Waals surface area contributed by atoms with Gasteiger partial charge in [-0.2, -0.15) is 0 Å². The fourth-order valence-corrected chi connectivity index (χ4v) is 3.73. The van der Waals surface area contributed by atoms with Crippen LogP contribution in [0.1, 0.15) is 28.3 Å². The molecular formula is C21H20F2N2O2. The first-order valence-electron chi connectivity index (χ1n) is 9.12. The van der Waals surface area contributed by atoms with Crippen molar-refractivity contribution in [3.63, 3.8) is 0 Å². The van der Waals surface area contributed by atoms with Gasteiger partial charge in [0.05, 0.1) is 5.56 Å². The van der Waals surface area contributed by atoms with E-state index in [0.29, 0.717) is 32.2 Å². The minimum atomic E-state index is -0.859. The standard InChI is InChI=1S/C21H20F2N2O2/c22-15-6-7-16(19(23)12-15)20(26)24-8-10-25(11-9-24)21(27)18-13-17(18)14-4-2-1-3-5-14/h1-7,12,17-18H,8-11,13H2. The Morgan fingerprint density at radius 2 is 1.56 bits per heavy atom. The van der Waals surface area contributed by atoms with Gasteiger partial charge < -0.3 is 9.80 Å². The molecular weight excluding hydrogens is 350 g/mol. The maximum absolute atomic E-state index is 13.8. The van der Waals surface area contributed by atoms with Crippen molar-refractivity contribution >= 4 is 11.8 Å². The van der Waals surface area contributed by atoms with E-state index in [2.05, 4.69) is 0 Å². The van der Waals surface area contributed by atoms with Crippen molar-refractivity contribution in [3.05, 3.63) is 71.3 Å². The number of benzene rings is 2. The number of amides is 2. The Morgan fingerprint density at radius 3 is 2.22 bits per heavy atom. The molecule has 0 aromatic heterocycles. The molecule has 140 valence electrons. The molecule has 4 rings (SSSR count). The summed E-state index contributed by atoms with van der Waals surface area (Å²) in [7, 11) is 0. The summed E-state index contributed by atoms with van der Waals surface area (Å²) in [5.41, 5.74) is 1.05. The molecule has 1 aliphatic heterocycles. The van der Waals surface area contributed by atoms with Crippen LogP contribution in [0.4, 0.5) is 8.78 Å². The zero-order valence-corrected chi connectivity index (χ0v) is 14.8. The third kappa shape index (κ3) is 3.56. The monoisotopic (exact) mass is 370 g/mol. The number of halogens is 2. The minimum Gasteiger partial charge on any atom is -0.339 e. The second kappa shape index (κ2) is 7.10. The lowest BCUT2D eigenvalue weighted by Crippen LogP contribution is -2.51. The molecule has 1 saturated carbocycles. The summed E-state index contributed by atoms with van der Waals surface area (Å²) in [6.07, 6.45) is 0.864. The average molecular weight is 370 g/mol. The van der Waals surface area contributed by atoms with Gasteiger partial charge >= 0.3 is 0 Å². The van der Waals surface area contributed by atoms with Crippen molar-refractivity contribution in [3.8, 4) is 0 Å². The van der Waals surface area contributed by atoms with Crippen molar-refractivity contribution in [1.29, 1.82) is 0 Å². The molecule has 2 aromatic rings. The van der Waals surface area contributed by atoms with E-state index < -0.39 is 17.5 Å². The minimum absolute atomic E-state index is 0.0178. The molecule has 2 aromatic carbocycles. The SMILES string of the molecule is O=C(c1ccc(F)cc1F)N1CCN(C(=O)C2CC2c2ccccc2)CC1. The van der Waals surface area contributed by atoms with Gasteiger partial charge in [-0.05, 0) is 30.0 Å². The summed E-state index contributed by atoms with van der Waals surface area (Å²) in [4.78, 5) is 28.5. The second-order valence-corrected chi connectivity index (χ2v) is 7.10. The summed E-state index contributed by atoms with van der Waals surface area (Å²) >= 11 is 0. The average Bonchev–Trinajstić information content (AvgIpc) is 3.49. The molecule has 0 N–H and O–H groups in total. The molecule has 2 aliphatic rings. The molecule has 4 nitrogen and oxygen atoms in total. The Kier molecular flexibility index (Phi) is 4.64. The fourth-order valence-electron chi connectivity index (χ4n) is 3.73. The number of carbonyl (C=O) groups is 2. The van der Waals surface area contributed by atoms with E-state index in [4.69, 9.17) is 0 Å². The van der Waals surface area contributed by atoms with E-state index in [1.165, 1.54) is 16.5 Å². The molecule has 2 atom stereocenters. The van der Waals surface area contributed by atoms with Crippen molar-refractivity contribution in [1.82, 2.24) is 9.80 Å². The molecule has 0 bridgehead atoms. The first-order chi connectivity index (χ1) is 13.0. The van der Waals surface area contributed by atoms with Gasteiger partial charge in [0, 0.05) is 38.2 Å². The van der Waals surface area contributed by atoms with Crippen LogP contribution in [0.5, 0.6) is 0 Å². The highest BCUT2D eigenvalue weighted by molar-refractivity contribution is 5.94. The molecule has 1 heterocycles. The lowest BCUT2D eigenvalue weighted by Gasteiger charge is -2.35. The molecule has 2 amide bonds. The van der Waals surface area contributed by atoms with Gasteiger partial charge in [0.25, 0.3) is 5.91 Å². The first kappa shape index (κ1) is 17.6. The molecule has 1 saturated heterocycles. The molecule has 27 heavy (non-hydrogen) atoms. The van der Waals surface area contributed by atoms with Crippen molar-refractivity contribution < 1.29 is 18.4 Å². The van der Waals surface area contributed by atoms with Crippen LogP contribution in [0, 0.1) is 17.6 Å². The van der Waals surface area contributed by atoms with E-state index in [9.17, 15) is 18.4 Å². The van der Waals surface area contributed by atoms with Crippen molar-refractivity contribution in [2.24, 2.45) is 5.92 Å². The van der Waals surface area contributed by atoms with Crippen LogP contribution >= 0.6 is 0 Å². The van der Waals surface area contributed by atoms with Gasteiger partial charge in [0.15, 0.2) is 0 Å². The highest BCUT2D eigenvalue weighted by atomic mass is 19.1. The summed E-state index contributed by atoms with van der Waals surface area (Å²) < 4.78 is 26.8. The normalized spacial score (nSPS) is 21.9. The summed E-state index contributed by atoms with van der Waals surface area (Å²) in [5.74, 6) is -1.60. The van der Waals surface area contributed by atoms with E-state index in [-0.39, 0.29) is 23.3 Å². The molecule has 0 radical (unpaired) electrons. The number of hydrogen-bond donors (Lipinski definition) is 0. The van der Waals surface area contributed by atoms with Crippen LogP contribution in [0.2, 0.25) is 0 Å². The molecule has 1 aliphatic carbocycles. The number of carbonyl (C=O) groups excluding carboxylic acids is 2. The van der Waals surface area contributed by atoms with E-state index in [1.807, 2.05) is 30.3 Å². The molecule has 6 heteroatoms. The molecule has 0 spiro atoms. The van der Waals surface area contributed by atoms with Gasteiger partial charge in [-0.15, -0.1) is 0 Å². The Hall–Kier alpha value is -2.76. The highest BCUT2D eigenvalue weighted by Crippen LogP contribution is 2.48. The summed E-state index contributed by atoms with van der Waals surface area (Å²) in [6.45, 7) is 1.57. The van der Waals surface area contributed by atoms with Gasteiger partial charge in [-0.3, -0.25) is 9.59 Å². The lowest BCUT2D eigenvalue weighted by molar-refractivity contribution is -0.134. The summed E-state index contributed by atoms with van der Waals surface area (Å²) in [6, 6.07) is 13.0. The van der Waals surface area contributed by atoms with Crippen LogP contribution in [0.3, 0.4) is 0 Å². The van der Waals surface area contributed by atoms with Gasteiger partial charge in [0.1, 0.15) is 11.6 Å². The zero-order valence-electron chi connectivity index (χ0n) is 14.8. The highest BCUT2D eigenvalue weighted by Gasteiger charge is 2.46. The smallest absolute Gasteiger partial charge is 0.256 e. The third-order valence-corrected chi connectivity index (χ3v) is 5.38. The number of hydrogen-bond acceptors (Lipinski definition) is 2. The predicted molar refractivity (Wildman–Crippen MR) is 96.1 cm³/mol. The third-order valence-electron chi connectivity index (χ3n) is 5.38. The van der Waals surface area contributed by atoms with Crippen LogP contribution in [-0.4, -0.2) is 47.8 Å². The Bertz CT molecular complexity index is 864. The van der Waals surface area contributed by atoms with Crippen molar-refractivity contribution in [2.45, 2.75) is 12.3 Å². The van der Waals surface area contributed by atoms with Gasteiger partial charge in [0.2, 0.25) is 5.91 Å². The molecule has 2 fully saturated rings. The van der Waals surface area contributed by atoms with E-state index in [1.54, 1.807) is 4.90 Å². The van der Waals surface area contributed by atoms with Crippen LogP contribution in [-0.2, 0) is 4.79 Å². The van der Waals surface area contributed by atoms with Crippen LogP contribution in [0.15, 0.2) is 48.5 Å². The summed E-state index contributed by atoms with van der Waals surface area (Å²) in [5, 5.41) is 0. The topological polar surface area (TPSA) is 40.6 Å². The number of piperazine rings is 1. The maximum atomic E-state index is 13.8. The second-order valence-electron chi connectivity index (χ2n) is 7.10. The Balaban J connectivity index is 1.34. The zero-order chi connectivity index (χ0) is 19.0.